The fourth-order valence-electron chi connectivity index (χ4n) is 0.932. The van der Waals surface area contributed by atoms with Crippen molar-refractivity contribution in [1.29, 1.82) is 0 Å². The topological polar surface area (TPSA) is 110 Å². The number of amides is 1. The highest BCUT2D eigenvalue weighted by molar-refractivity contribution is 5.75. The van der Waals surface area contributed by atoms with E-state index in [1.165, 1.54) is 6.20 Å². The molecule has 0 fully saturated rings. The van der Waals surface area contributed by atoms with Crippen molar-refractivity contribution < 1.29 is 14.8 Å². The summed E-state index contributed by atoms with van der Waals surface area (Å²) in [7, 11) is 0. The zero-order valence-corrected chi connectivity index (χ0v) is 7.79. The minimum Gasteiger partial charge on any atom is -0.395 e. The molecule has 0 saturated heterocycles. The van der Waals surface area contributed by atoms with E-state index in [0.717, 1.165) is 10.9 Å². The van der Waals surface area contributed by atoms with E-state index in [-0.39, 0.29) is 31.3 Å². The van der Waals surface area contributed by atoms with Gasteiger partial charge in [0.25, 0.3) is 0 Å². The Morgan fingerprint density at radius 3 is 3.00 bits per heavy atom. The summed E-state index contributed by atoms with van der Waals surface area (Å²) in [6.45, 7) is -0.0962. The lowest BCUT2D eigenvalue weighted by Gasteiger charge is -2.01. The van der Waals surface area contributed by atoms with Crippen LogP contribution < -0.4 is 5.32 Å². The number of nitrogens with zero attached hydrogens (tertiary/aromatic N) is 3. The second-order valence-corrected chi connectivity index (χ2v) is 2.73. The van der Waals surface area contributed by atoms with Crippen molar-refractivity contribution in [1.82, 2.24) is 15.1 Å². The maximum Gasteiger partial charge on any atom is 0.307 e. The van der Waals surface area contributed by atoms with Crippen LogP contribution >= 0.6 is 0 Å². The van der Waals surface area contributed by atoms with E-state index < -0.39 is 4.92 Å². The lowest BCUT2D eigenvalue weighted by molar-refractivity contribution is -0.385. The lowest BCUT2D eigenvalue weighted by atomic mass is 10.5. The van der Waals surface area contributed by atoms with Gasteiger partial charge in [0.2, 0.25) is 5.91 Å². The minimum absolute atomic E-state index is 0.103. The summed E-state index contributed by atoms with van der Waals surface area (Å²) in [5.74, 6) is -0.359. The molecule has 1 aromatic heterocycles. The monoisotopic (exact) mass is 214 g/mol. The molecule has 0 bridgehead atoms. The molecule has 0 spiro atoms. The van der Waals surface area contributed by atoms with Gasteiger partial charge < -0.3 is 10.4 Å². The first kappa shape index (κ1) is 11.1. The summed E-state index contributed by atoms with van der Waals surface area (Å²) < 4.78 is 1.16. The van der Waals surface area contributed by atoms with E-state index in [0.29, 0.717) is 0 Å². The summed E-state index contributed by atoms with van der Waals surface area (Å²) in [6.07, 6.45) is 2.23. The standard InChI is InChI=1S/C7H10N4O4/c12-2-1-8-7(13)5-10-4-6(3-9-10)11(14)15/h3-4,12H,1-2,5H2,(H,8,13). The van der Waals surface area contributed by atoms with Gasteiger partial charge in [-0.2, -0.15) is 5.10 Å². The third-order valence-corrected chi connectivity index (χ3v) is 1.57. The van der Waals surface area contributed by atoms with Gasteiger partial charge in [0.05, 0.1) is 11.5 Å². The lowest BCUT2D eigenvalue weighted by Crippen LogP contribution is -2.30. The predicted molar refractivity (Wildman–Crippen MR) is 49.0 cm³/mol. The molecule has 0 aliphatic carbocycles. The smallest absolute Gasteiger partial charge is 0.307 e. The van der Waals surface area contributed by atoms with E-state index in [1.54, 1.807) is 0 Å². The summed E-state index contributed by atoms with van der Waals surface area (Å²) in [5, 5.41) is 24.8. The van der Waals surface area contributed by atoms with Crippen LogP contribution in [0.1, 0.15) is 0 Å². The highest BCUT2D eigenvalue weighted by Gasteiger charge is 2.10. The van der Waals surface area contributed by atoms with Crippen LogP contribution in [-0.4, -0.2) is 38.9 Å². The maximum absolute atomic E-state index is 11.1. The van der Waals surface area contributed by atoms with Gasteiger partial charge in [0.1, 0.15) is 18.9 Å². The number of aliphatic hydroxyl groups excluding tert-OH is 1. The Balaban J connectivity index is 2.50. The molecule has 8 heteroatoms. The molecule has 0 atom stereocenters. The number of hydrogen-bond donors (Lipinski definition) is 2. The molecule has 0 aliphatic heterocycles. The number of nitro groups is 1. The summed E-state index contributed by atoms with van der Waals surface area (Å²) >= 11 is 0. The van der Waals surface area contributed by atoms with Gasteiger partial charge in [-0.1, -0.05) is 0 Å². The van der Waals surface area contributed by atoms with Crippen molar-refractivity contribution in [2.24, 2.45) is 0 Å². The molecular weight excluding hydrogens is 204 g/mol. The molecule has 8 nitrogen and oxygen atoms in total. The van der Waals surface area contributed by atoms with Crippen LogP contribution in [0.5, 0.6) is 0 Å². The summed E-state index contributed by atoms with van der Waals surface area (Å²) in [6, 6.07) is 0. The predicted octanol–water partition coefficient (Wildman–Crippen LogP) is -1.10. The molecule has 0 saturated carbocycles. The molecule has 0 aromatic carbocycles. The third kappa shape index (κ3) is 3.35. The van der Waals surface area contributed by atoms with Crippen LogP contribution in [-0.2, 0) is 11.3 Å². The van der Waals surface area contributed by atoms with Crippen molar-refractivity contribution in [3.8, 4) is 0 Å². The van der Waals surface area contributed by atoms with E-state index in [1.807, 2.05) is 0 Å². The Hall–Kier alpha value is -1.96. The second kappa shape index (κ2) is 5.05. The number of hydrogen-bond acceptors (Lipinski definition) is 5. The van der Waals surface area contributed by atoms with Gasteiger partial charge in [0, 0.05) is 6.54 Å². The number of carbonyl (C=O) groups excluding carboxylic acids is 1. The quantitative estimate of drug-likeness (QED) is 0.477. The Morgan fingerprint density at radius 2 is 2.47 bits per heavy atom. The van der Waals surface area contributed by atoms with Crippen LogP contribution in [0.2, 0.25) is 0 Å². The van der Waals surface area contributed by atoms with Crippen LogP contribution in [0.3, 0.4) is 0 Å². The van der Waals surface area contributed by atoms with Crippen LogP contribution in [0.25, 0.3) is 0 Å². The van der Waals surface area contributed by atoms with Gasteiger partial charge >= 0.3 is 5.69 Å². The molecule has 1 heterocycles. The van der Waals surface area contributed by atoms with Gasteiger partial charge in [-0.15, -0.1) is 0 Å². The van der Waals surface area contributed by atoms with Gasteiger partial charge in [-0.05, 0) is 0 Å². The first-order valence-corrected chi connectivity index (χ1v) is 4.18. The number of rotatable bonds is 5. The normalized spacial score (nSPS) is 9.93. The SMILES string of the molecule is O=C(Cn1cc([N+](=O)[O-])cn1)NCCO. The molecule has 0 radical (unpaired) electrons. The fraction of sp³-hybridized carbons (Fsp3) is 0.429. The number of carbonyl (C=O) groups is 1. The molecule has 1 aromatic rings. The second-order valence-electron chi connectivity index (χ2n) is 2.73. The molecular formula is C7H10N4O4. The van der Waals surface area contributed by atoms with E-state index in [9.17, 15) is 14.9 Å². The van der Waals surface area contributed by atoms with Crippen LogP contribution in [0, 0.1) is 10.1 Å². The van der Waals surface area contributed by atoms with Crippen molar-refractivity contribution in [2.45, 2.75) is 6.54 Å². The number of aromatic nitrogens is 2. The summed E-state index contributed by atoms with van der Waals surface area (Å²) in [4.78, 5) is 20.8. The number of aliphatic hydroxyl groups is 1. The Kier molecular flexibility index (Phi) is 3.75. The van der Waals surface area contributed by atoms with Crippen LogP contribution in [0.15, 0.2) is 12.4 Å². The molecule has 0 aliphatic rings. The molecule has 2 N–H and O–H groups in total. The van der Waals surface area contributed by atoms with Crippen molar-refractivity contribution >= 4 is 11.6 Å². The molecule has 1 amide bonds. The van der Waals surface area contributed by atoms with Crippen molar-refractivity contribution in [3.63, 3.8) is 0 Å². The third-order valence-electron chi connectivity index (χ3n) is 1.57. The number of nitrogens with one attached hydrogen (secondary N) is 1. The van der Waals surface area contributed by atoms with E-state index in [4.69, 9.17) is 5.11 Å². The maximum atomic E-state index is 11.1. The van der Waals surface area contributed by atoms with Crippen molar-refractivity contribution in [2.75, 3.05) is 13.2 Å². The first-order valence-electron chi connectivity index (χ1n) is 4.18. The molecule has 15 heavy (non-hydrogen) atoms. The zero-order chi connectivity index (χ0) is 11.3. The molecule has 1 rings (SSSR count). The average molecular weight is 214 g/mol. The van der Waals surface area contributed by atoms with E-state index in [2.05, 4.69) is 10.4 Å². The van der Waals surface area contributed by atoms with Crippen molar-refractivity contribution in [3.05, 3.63) is 22.5 Å². The van der Waals surface area contributed by atoms with Gasteiger partial charge in [-0.3, -0.25) is 19.6 Å². The first-order chi connectivity index (χ1) is 7.13. The largest absolute Gasteiger partial charge is 0.395 e. The van der Waals surface area contributed by atoms with E-state index >= 15 is 0 Å². The fourth-order valence-corrected chi connectivity index (χ4v) is 0.932. The Morgan fingerprint density at radius 1 is 1.73 bits per heavy atom. The van der Waals surface area contributed by atoms with Gasteiger partial charge in [0.15, 0.2) is 0 Å². The zero-order valence-electron chi connectivity index (χ0n) is 7.79. The minimum atomic E-state index is -0.588. The Labute approximate surface area is 84.7 Å². The molecule has 0 unspecified atom stereocenters. The van der Waals surface area contributed by atoms with Crippen LogP contribution in [0.4, 0.5) is 5.69 Å². The molecule has 82 valence electrons. The van der Waals surface area contributed by atoms with Gasteiger partial charge in [-0.25, -0.2) is 0 Å². The highest BCUT2D eigenvalue weighted by Crippen LogP contribution is 2.06. The summed E-state index contributed by atoms with van der Waals surface area (Å²) in [5.41, 5.74) is -0.162. The Bertz CT molecular complexity index is 362. The highest BCUT2D eigenvalue weighted by atomic mass is 16.6. The average Bonchev–Trinajstić information content (AvgIpc) is 2.63.